The quantitative estimate of drug-likeness (QED) is 0.145. The second-order valence-electron chi connectivity index (χ2n) is 16.1. The molecule has 0 saturated heterocycles. The highest BCUT2D eigenvalue weighted by atomic mass is 35.5. The van der Waals surface area contributed by atoms with E-state index < -0.39 is 11.4 Å². The van der Waals surface area contributed by atoms with Gasteiger partial charge in [-0.1, -0.05) is 54.4 Å². The minimum Gasteiger partial charge on any atom is -0.481 e. The summed E-state index contributed by atoms with van der Waals surface area (Å²) in [6.07, 6.45) is 8.06. The van der Waals surface area contributed by atoms with Crippen LogP contribution >= 0.6 is 23.2 Å². The van der Waals surface area contributed by atoms with E-state index in [1.165, 1.54) is 0 Å². The molecule has 2 aromatic heterocycles. The Morgan fingerprint density at radius 3 is 1.71 bits per heavy atom. The normalized spacial score (nSPS) is 22.1. The minimum absolute atomic E-state index is 0.136. The molecule has 4 aliphatic rings. The standard InChI is InChI=1S/C41H48Cl2N8O4/c1-4-18-50-19-11-31-29(22-50)44-35(48(31)2)37(52)46-27-9-5-7-25(33(27)42)26-8-6-10-28(34(26)43)47-38(53)36-45-30-23-51(20-12-32(30)49(36)3)21-17-40-13-15-41(24-40,16-14-40)39(54)55/h5-10H,4,11-24H2,1-3H3,(H,46,52)(H,47,53)(H,54,55). The molecule has 55 heavy (non-hydrogen) atoms. The molecule has 2 amide bonds. The van der Waals surface area contributed by atoms with Gasteiger partial charge in [0.1, 0.15) is 0 Å². The maximum atomic E-state index is 13.7. The molecule has 0 unspecified atom stereocenters. The number of hydrogen-bond acceptors (Lipinski definition) is 7. The molecular formula is C41H48Cl2N8O4. The van der Waals surface area contributed by atoms with Crippen molar-refractivity contribution in [3.63, 3.8) is 0 Å². The van der Waals surface area contributed by atoms with E-state index in [1.807, 2.05) is 35.4 Å². The van der Waals surface area contributed by atoms with Crippen LogP contribution in [0, 0.1) is 10.8 Å². The summed E-state index contributed by atoms with van der Waals surface area (Å²) in [6, 6.07) is 10.7. The number of aliphatic carboxylic acids is 1. The lowest BCUT2D eigenvalue weighted by Crippen LogP contribution is -2.34. The molecule has 4 heterocycles. The molecule has 0 radical (unpaired) electrons. The van der Waals surface area contributed by atoms with Gasteiger partial charge in [-0.2, -0.15) is 0 Å². The van der Waals surface area contributed by atoms with Gasteiger partial charge in [0.2, 0.25) is 0 Å². The first-order valence-electron chi connectivity index (χ1n) is 19.4. The highest BCUT2D eigenvalue weighted by Crippen LogP contribution is 2.63. The van der Waals surface area contributed by atoms with Crippen molar-refractivity contribution < 1.29 is 19.5 Å². The van der Waals surface area contributed by atoms with Crippen molar-refractivity contribution in [2.45, 2.75) is 77.8 Å². The number of carboxylic acid groups (broad SMARTS) is 1. The predicted molar refractivity (Wildman–Crippen MR) is 213 cm³/mol. The number of benzene rings is 2. The Kier molecular flexibility index (Phi) is 10.1. The summed E-state index contributed by atoms with van der Waals surface area (Å²) in [5.41, 5.74) is 5.62. The molecule has 2 aliphatic carbocycles. The van der Waals surface area contributed by atoms with Crippen molar-refractivity contribution in [3.05, 3.63) is 80.9 Å². The number of halogens is 2. The van der Waals surface area contributed by atoms with E-state index in [4.69, 9.17) is 33.2 Å². The predicted octanol–water partition coefficient (Wildman–Crippen LogP) is 7.18. The summed E-state index contributed by atoms with van der Waals surface area (Å²) in [5.74, 6) is -0.700. The lowest BCUT2D eigenvalue weighted by molar-refractivity contribution is -0.148. The molecule has 8 rings (SSSR count). The molecule has 2 bridgehead atoms. The van der Waals surface area contributed by atoms with Crippen LogP contribution in [0.2, 0.25) is 10.0 Å². The smallest absolute Gasteiger partial charge is 0.309 e. The Hall–Kier alpha value is -4.23. The number of imidazole rings is 2. The fourth-order valence-corrected chi connectivity index (χ4v) is 10.2. The Bertz CT molecular complexity index is 2190. The van der Waals surface area contributed by atoms with E-state index in [1.54, 1.807) is 24.3 Å². The molecular weight excluding hydrogens is 739 g/mol. The zero-order valence-electron chi connectivity index (χ0n) is 31.7. The van der Waals surface area contributed by atoms with Crippen molar-refractivity contribution in [2.24, 2.45) is 24.9 Å². The number of rotatable bonds is 11. The van der Waals surface area contributed by atoms with Crippen LogP contribution in [0.25, 0.3) is 11.1 Å². The number of carboxylic acids is 1. The second-order valence-corrected chi connectivity index (χ2v) is 16.8. The van der Waals surface area contributed by atoms with E-state index in [2.05, 4.69) is 27.4 Å². The molecule has 3 N–H and O–H groups in total. The molecule has 2 saturated carbocycles. The van der Waals surface area contributed by atoms with Crippen molar-refractivity contribution in [3.8, 4) is 11.1 Å². The van der Waals surface area contributed by atoms with Crippen LogP contribution in [-0.4, -0.2) is 78.0 Å². The fourth-order valence-electron chi connectivity index (χ4n) is 9.65. The maximum absolute atomic E-state index is 13.7. The van der Waals surface area contributed by atoms with Gasteiger partial charge < -0.3 is 24.9 Å². The van der Waals surface area contributed by atoms with Crippen LogP contribution < -0.4 is 10.6 Å². The third kappa shape index (κ3) is 6.85. The Morgan fingerprint density at radius 2 is 1.25 bits per heavy atom. The molecule has 290 valence electrons. The molecule has 0 atom stereocenters. The number of carbonyl (C=O) groups is 3. The van der Waals surface area contributed by atoms with E-state index in [0.717, 1.165) is 113 Å². The van der Waals surface area contributed by atoms with E-state index in [0.29, 0.717) is 50.7 Å². The van der Waals surface area contributed by atoms with Gasteiger partial charge in [-0.25, -0.2) is 9.97 Å². The number of fused-ring (bicyclic) bond motifs is 4. The van der Waals surface area contributed by atoms with Gasteiger partial charge in [0.25, 0.3) is 11.8 Å². The van der Waals surface area contributed by atoms with Crippen molar-refractivity contribution in [1.82, 2.24) is 28.9 Å². The van der Waals surface area contributed by atoms with Gasteiger partial charge in [0.15, 0.2) is 11.6 Å². The number of aromatic nitrogens is 4. The van der Waals surface area contributed by atoms with Crippen LogP contribution in [0.15, 0.2) is 36.4 Å². The van der Waals surface area contributed by atoms with Crippen LogP contribution in [-0.2, 0) is 44.8 Å². The minimum atomic E-state index is -0.626. The average Bonchev–Trinajstić information content (AvgIpc) is 3.93. The highest BCUT2D eigenvalue weighted by molar-refractivity contribution is 6.40. The van der Waals surface area contributed by atoms with Crippen molar-refractivity contribution in [1.29, 1.82) is 0 Å². The summed E-state index contributed by atoms with van der Waals surface area (Å²) in [6.45, 7) is 7.24. The summed E-state index contributed by atoms with van der Waals surface area (Å²) in [5, 5.41) is 16.4. The number of nitrogens with one attached hydrogen (secondary N) is 2. The molecule has 12 nitrogen and oxygen atoms in total. The molecule has 4 aromatic rings. The first-order valence-corrected chi connectivity index (χ1v) is 20.1. The lowest BCUT2D eigenvalue weighted by Gasteiger charge is -2.32. The second kappa shape index (κ2) is 14.7. The van der Waals surface area contributed by atoms with Gasteiger partial charge in [-0.3, -0.25) is 24.2 Å². The number of nitrogens with zero attached hydrogens (tertiary/aromatic N) is 6. The Balaban J connectivity index is 0.942. The topological polar surface area (TPSA) is 138 Å². The highest BCUT2D eigenvalue weighted by Gasteiger charge is 2.57. The van der Waals surface area contributed by atoms with Crippen LogP contribution in [0.4, 0.5) is 11.4 Å². The zero-order valence-corrected chi connectivity index (χ0v) is 33.2. The van der Waals surface area contributed by atoms with Crippen molar-refractivity contribution >= 4 is 52.4 Å². The SMILES string of the molecule is CCCN1CCc2c(nc(C(=O)Nc3cccc(-c4cccc(NC(=O)c5nc6c(n5C)CCN(CCC57CCC(C(=O)O)(CC5)C7)C6)c4Cl)c3Cl)n2C)C1. The number of hydrogen-bond donors (Lipinski definition) is 3. The summed E-state index contributed by atoms with van der Waals surface area (Å²) < 4.78 is 3.75. The first-order chi connectivity index (χ1) is 26.4. The zero-order chi connectivity index (χ0) is 38.6. The monoisotopic (exact) mass is 786 g/mol. The molecule has 2 fully saturated rings. The lowest BCUT2D eigenvalue weighted by atomic mass is 9.80. The summed E-state index contributed by atoms with van der Waals surface area (Å²) >= 11 is 13.9. The average molecular weight is 788 g/mol. The third-order valence-electron chi connectivity index (χ3n) is 12.8. The summed E-state index contributed by atoms with van der Waals surface area (Å²) in [4.78, 5) is 53.5. The molecule has 2 aliphatic heterocycles. The molecule has 14 heteroatoms. The van der Waals surface area contributed by atoms with Gasteiger partial charge >= 0.3 is 5.97 Å². The van der Waals surface area contributed by atoms with Crippen LogP contribution in [0.1, 0.15) is 95.9 Å². The number of amides is 2. The van der Waals surface area contributed by atoms with E-state index in [9.17, 15) is 19.5 Å². The van der Waals surface area contributed by atoms with E-state index in [-0.39, 0.29) is 17.2 Å². The number of anilines is 2. The van der Waals surface area contributed by atoms with Gasteiger partial charge in [0, 0.05) is 75.6 Å². The van der Waals surface area contributed by atoms with Crippen LogP contribution in [0.5, 0.6) is 0 Å². The maximum Gasteiger partial charge on any atom is 0.309 e. The van der Waals surface area contributed by atoms with Gasteiger partial charge in [-0.15, -0.1) is 0 Å². The third-order valence-corrected chi connectivity index (χ3v) is 13.6. The largest absolute Gasteiger partial charge is 0.481 e. The molecule has 0 spiro atoms. The summed E-state index contributed by atoms with van der Waals surface area (Å²) in [7, 11) is 3.75. The fraction of sp³-hybridized carbons (Fsp3) is 0.488. The number of carbonyl (C=O) groups excluding carboxylic acids is 2. The Labute approximate surface area is 331 Å². The first kappa shape index (κ1) is 37.7. The molecule has 2 aromatic carbocycles. The van der Waals surface area contributed by atoms with Crippen molar-refractivity contribution in [2.75, 3.05) is 36.8 Å². The van der Waals surface area contributed by atoms with E-state index >= 15 is 0 Å². The Morgan fingerprint density at radius 1 is 0.764 bits per heavy atom. The van der Waals surface area contributed by atoms with Crippen LogP contribution in [0.3, 0.4) is 0 Å². The van der Waals surface area contributed by atoms with Gasteiger partial charge in [-0.05, 0) is 75.6 Å². The van der Waals surface area contributed by atoms with Gasteiger partial charge in [0.05, 0.1) is 38.2 Å².